The van der Waals surface area contributed by atoms with Crippen LogP contribution in [-0.2, 0) is 20.8 Å². The highest BCUT2D eigenvalue weighted by Crippen LogP contribution is 2.15. The molecule has 0 N–H and O–H groups in total. The lowest BCUT2D eigenvalue weighted by molar-refractivity contribution is -0.145. The molecular formula is C13H17N3O3S. The molecule has 0 radical (unpaired) electrons. The van der Waals surface area contributed by atoms with E-state index in [0.717, 1.165) is 30.3 Å². The number of methoxy groups -OCH3 is 1. The van der Waals surface area contributed by atoms with E-state index in [1.807, 2.05) is 16.0 Å². The van der Waals surface area contributed by atoms with Crippen LogP contribution in [0.1, 0.15) is 12.1 Å². The van der Waals surface area contributed by atoms with Gasteiger partial charge in [-0.2, -0.15) is 0 Å². The lowest BCUT2D eigenvalue weighted by Crippen LogP contribution is -2.42. The average Bonchev–Trinajstić information content (AvgIpc) is 3.00. The van der Waals surface area contributed by atoms with Gasteiger partial charge < -0.3 is 9.47 Å². The van der Waals surface area contributed by atoms with Crippen LogP contribution in [0.3, 0.4) is 0 Å². The quantitative estimate of drug-likeness (QED) is 0.792. The highest BCUT2D eigenvalue weighted by molar-refractivity contribution is 7.15. The van der Waals surface area contributed by atoms with E-state index in [1.165, 1.54) is 7.11 Å². The number of rotatable bonds is 4. The second-order valence-electron chi connectivity index (χ2n) is 4.83. The number of esters is 1. The molecule has 0 aromatic carbocycles. The van der Waals surface area contributed by atoms with E-state index in [2.05, 4.69) is 20.8 Å². The first kappa shape index (κ1) is 13.5. The highest BCUT2D eigenvalue weighted by Gasteiger charge is 2.23. The molecule has 0 amide bonds. The molecule has 0 bridgehead atoms. The number of nitrogens with zero attached hydrogens (tertiary/aromatic N) is 3. The predicted octanol–water partition coefficient (Wildman–Crippen LogP) is 1.16. The van der Waals surface area contributed by atoms with Crippen molar-refractivity contribution in [3.8, 4) is 0 Å². The zero-order valence-electron chi connectivity index (χ0n) is 11.3. The fraction of sp³-hybridized carbons (Fsp3) is 0.538. The van der Waals surface area contributed by atoms with E-state index in [9.17, 15) is 4.79 Å². The summed E-state index contributed by atoms with van der Waals surface area (Å²) in [5.74, 6) is -0.223. The van der Waals surface area contributed by atoms with Crippen LogP contribution in [0.2, 0.25) is 0 Å². The molecule has 3 rings (SSSR count). The number of ether oxygens (including phenoxy) is 2. The average molecular weight is 295 g/mol. The van der Waals surface area contributed by atoms with Gasteiger partial charge in [0, 0.05) is 37.4 Å². The second-order valence-corrected chi connectivity index (χ2v) is 5.71. The lowest BCUT2D eigenvalue weighted by Gasteiger charge is -2.31. The number of imidazole rings is 1. The Morgan fingerprint density at radius 3 is 3.35 bits per heavy atom. The molecule has 7 heteroatoms. The molecule has 6 nitrogen and oxygen atoms in total. The molecule has 20 heavy (non-hydrogen) atoms. The van der Waals surface area contributed by atoms with Gasteiger partial charge in [0.2, 0.25) is 0 Å². The molecule has 0 aliphatic carbocycles. The Labute approximate surface area is 120 Å². The van der Waals surface area contributed by atoms with E-state index in [1.54, 1.807) is 11.3 Å². The van der Waals surface area contributed by atoms with Crippen LogP contribution in [0, 0.1) is 0 Å². The lowest BCUT2D eigenvalue weighted by atomic mass is 10.2. The van der Waals surface area contributed by atoms with Crippen LogP contribution in [0.4, 0.5) is 0 Å². The van der Waals surface area contributed by atoms with Crippen LogP contribution in [0.25, 0.3) is 4.96 Å². The fourth-order valence-electron chi connectivity index (χ4n) is 2.40. The SMILES string of the molecule is COC(=O)C[C@H]1CN(Cc2cn3ccsc3n2)CCO1. The van der Waals surface area contributed by atoms with Gasteiger partial charge in [0.1, 0.15) is 0 Å². The summed E-state index contributed by atoms with van der Waals surface area (Å²) in [5.41, 5.74) is 1.05. The first-order valence-corrected chi connectivity index (χ1v) is 7.44. The van der Waals surface area contributed by atoms with Crippen molar-refractivity contribution in [3.05, 3.63) is 23.5 Å². The van der Waals surface area contributed by atoms with Crippen molar-refractivity contribution in [2.24, 2.45) is 0 Å². The third-order valence-electron chi connectivity index (χ3n) is 3.37. The van der Waals surface area contributed by atoms with Gasteiger partial charge in [-0.05, 0) is 0 Å². The summed E-state index contributed by atoms with van der Waals surface area (Å²) >= 11 is 1.63. The van der Waals surface area contributed by atoms with Gasteiger partial charge in [-0.15, -0.1) is 11.3 Å². The molecule has 1 saturated heterocycles. The summed E-state index contributed by atoms with van der Waals surface area (Å²) in [6.07, 6.45) is 4.29. The monoisotopic (exact) mass is 295 g/mol. The minimum atomic E-state index is -0.223. The van der Waals surface area contributed by atoms with Gasteiger partial charge >= 0.3 is 5.97 Å². The van der Waals surface area contributed by atoms with Crippen LogP contribution in [0.5, 0.6) is 0 Å². The van der Waals surface area contributed by atoms with Crippen molar-refractivity contribution < 1.29 is 14.3 Å². The summed E-state index contributed by atoms with van der Waals surface area (Å²) in [6, 6.07) is 0. The van der Waals surface area contributed by atoms with Gasteiger partial charge in [-0.25, -0.2) is 4.98 Å². The minimum Gasteiger partial charge on any atom is -0.469 e. The molecule has 2 aromatic heterocycles. The molecule has 0 spiro atoms. The summed E-state index contributed by atoms with van der Waals surface area (Å²) in [5, 5.41) is 2.02. The van der Waals surface area contributed by atoms with Gasteiger partial charge in [-0.3, -0.25) is 14.1 Å². The maximum atomic E-state index is 11.3. The number of hydrogen-bond donors (Lipinski definition) is 0. The van der Waals surface area contributed by atoms with Crippen LogP contribution in [-0.4, -0.2) is 53.2 Å². The number of thiazole rings is 1. The smallest absolute Gasteiger partial charge is 0.308 e. The van der Waals surface area contributed by atoms with Crippen molar-refractivity contribution >= 4 is 22.3 Å². The maximum absolute atomic E-state index is 11.3. The summed E-state index contributed by atoms with van der Waals surface area (Å²) < 4.78 is 12.3. The van der Waals surface area contributed by atoms with Gasteiger partial charge in [0.15, 0.2) is 4.96 Å². The van der Waals surface area contributed by atoms with E-state index < -0.39 is 0 Å². The molecule has 1 aliphatic rings. The Morgan fingerprint density at radius 1 is 1.65 bits per heavy atom. The number of carbonyl (C=O) groups is 1. The Kier molecular flexibility index (Phi) is 4.00. The Morgan fingerprint density at radius 2 is 2.55 bits per heavy atom. The molecule has 0 unspecified atom stereocenters. The molecular weight excluding hydrogens is 278 g/mol. The van der Waals surface area contributed by atoms with E-state index in [-0.39, 0.29) is 12.1 Å². The van der Waals surface area contributed by atoms with E-state index in [0.29, 0.717) is 13.0 Å². The predicted molar refractivity (Wildman–Crippen MR) is 74.7 cm³/mol. The number of hydrogen-bond acceptors (Lipinski definition) is 6. The fourth-order valence-corrected chi connectivity index (χ4v) is 3.12. The minimum absolute atomic E-state index is 0.0834. The molecule has 1 aliphatic heterocycles. The topological polar surface area (TPSA) is 56.1 Å². The Bertz CT molecular complexity index is 566. The first-order valence-electron chi connectivity index (χ1n) is 6.56. The van der Waals surface area contributed by atoms with Gasteiger partial charge in [0.05, 0.1) is 31.9 Å². The Hall–Kier alpha value is -1.44. The molecule has 3 heterocycles. The molecule has 1 fully saturated rings. The normalized spacial score (nSPS) is 20.4. The van der Waals surface area contributed by atoms with Crippen LogP contribution < -0.4 is 0 Å². The zero-order valence-corrected chi connectivity index (χ0v) is 12.1. The molecule has 0 saturated carbocycles. The van der Waals surface area contributed by atoms with Crippen molar-refractivity contribution in [1.29, 1.82) is 0 Å². The molecule has 108 valence electrons. The summed E-state index contributed by atoms with van der Waals surface area (Å²) in [4.78, 5) is 19.1. The summed E-state index contributed by atoms with van der Waals surface area (Å²) in [7, 11) is 1.40. The number of aromatic nitrogens is 2. The standard InChI is InChI=1S/C13H17N3O3S/c1-18-12(17)6-11-9-15(2-4-19-11)7-10-8-16-3-5-20-13(16)14-10/h3,5,8,11H,2,4,6-7,9H2,1H3/t11-/m0/s1. The van der Waals surface area contributed by atoms with Crippen molar-refractivity contribution in [1.82, 2.24) is 14.3 Å². The van der Waals surface area contributed by atoms with Crippen LogP contribution >= 0.6 is 11.3 Å². The Balaban J connectivity index is 1.59. The number of carbonyl (C=O) groups excluding carboxylic acids is 1. The van der Waals surface area contributed by atoms with Crippen molar-refractivity contribution in [2.75, 3.05) is 26.8 Å². The van der Waals surface area contributed by atoms with Crippen molar-refractivity contribution in [2.45, 2.75) is 19.1 Å². The van der Waals surface area contributed by atoms with E-state index in [4.69, 9.17) is 4.74 Å². The highest BCUT2D eigenvalue weighted by atomic mass is 32.1. The van der Waals surface area contributed by atoms with Crippen LogP contribution in [0.15, 0.2) is 17.8 Å². The molecule has 1 atom stereocenters. The zero-order chi connectivity index (χ0) is 13.9. The summed E-state index contributed by atoms with van der Waals surface area (Å²) in [6.45, 7) is 3.03. The van der Waals surface area contributed by atoms with Gasteiger partial charge in [0.25, 0.3) is 0 Å². The largest absolute Gasteiger partial charge is 0.469 e. The molecule has 2 aromatic rings. The first-order chi connectivity index (χ1) is 9.74. The van der Waals surface area contributed by atoms with Gasteiger partial charge in [-0.1, -0.05) is 0 Å². The third kappa shape index (κ3) is 3.00. The van der Waals surface area contributed by atoms with Crippen molar-refractivity contribution in [3.63, 3.8) is 0 Å². The number of fused-ring (bicyclic) bond motifs is 1. The second kappa shape index (κ2) is 5.90. The number of morpholine rings is 1. The van der Waals surface area contributed by atoms with E-state index >= 15 is 0 Å². The maximum Gasteiger partial charge on any atom is 0.308 e. The third-order valence-corrected chi connectivity index (χ3v) is 4.14.